The van der Waals surface area contributed by atoms with Crippen LogP contribution in [0.5, 0.6) is 17.2 Å². The fourth-order valence-corrected chi connectivity index (χ4v) is 10.1. The van der Waals surface area contributed by atoms with E-state index in [9.17, 15) is 24.3 Å². The number of amides is 4. The van der Waals surface area contributed by atoms with E-state index in [0.717, 1.165) is 11.1 Å². The Bertz CT molecular complexity index is 2910. The lowest BCUT2D eigenvalue weighted by Crippen LogP contribution is -2.43. The number of imide groups is 2. The number of para-hydroxylation sites is 4. The quantitative estimate of drug-likeness (QED) is 0.122. The summed E-state index contributed by atoms with van der Waals surface area (Å²) in [6.07, 6.45) is 2.37. The number of aromatic hydroxyl groups is 1. The molecule has 4 heterocycles. The molecule has 2 aliphatic heterocycles. The Labute approximate surface area is 347 Å². The minimum absolute atomic E-state index is 0.108. The maximum absolute atomic E-state index is 14.9. The number of methoxy groups -OCH3 is 2. The number of phenolic OH excluding ortho intramolecular Hbond substituents is 1. The predicted molar refractivity (Wildman–Crippen MR) is 223 cm³/mol. The summed E-state index contributed by atoms with van der Waals surface area (Å²) in [5.41, 5.74) is 6.10. The van der Waals surface area contributed by atoms with E-state index in [1.54, 1.807) is 48.5 Å². The van der Waals surface area contributed by atoms with Gasteiger partial charge in [0.05, 0.1) is 49.3 Å². The molecule has 5 aromatic carbocycles. The monoisotopic (exact) mass is 812 g/mol. The average Bonchev–Trinajstić information content (AvgIpc) is 4.04. The molecule has 11 rings (SSSR count). The molecular formula is C48H36N4O9. The van der Waals surface area contributed by atoms with Crippen molar-refractivity contribution in [2.75, 3.05) is 24.0 Å². The number of hydrogen-bond donors (Lipinski definition) is 1. The fraction of sp³-hybridized carbons (Fsp3) is 0.208. The molecule has 6 atom stereocenters. The predicted octanol–water partition coefficient (Wildman–Crippen LogP) is 8.07. The van der Waals surface area contributed by atoms with Gasteiger partial charge in [0, 0.05) is 34.7 Å². The van der Waals surface area contributed by atoms with Gasteiger partial charge in [-0.25, -0.2) is 9.97 Å². The van der Waals surface area contributed by atoms with Gasteiger partial charge in [-0.2, -0.15) is 0 Å². The first-order valence-corrected chi connectivity index (χ1v) is 20.0. The number of nitrogens with zero attached hydrogens (tertiary/aromatic N) is 4. The molecule has 0 spiro atoms. The lowest BCUT2D eigenvalue weighted by Gasteiger charge is -2.44. The summed E-state index contributed by atoms with van der Waals surface area (Å²) >= 11 is 0. The lowest BCUT2D eigenvalue weighted by molar-refractivity contribution is -0.126. The maximum atomic E-state index is 14.9. The van der Waals surface area contributed by atoms with E-state index in [4.69, 9.17) is 18.3 Å². The van der Waals surface area contributed by atoms with Crippen LogP contribution in [0.3, 0.4) is 0 Å². The first kappa shape index (κ1) is 36.5. The first-order chi connectivity index (χ1) is 29.7. The van der Waals surface area contributed by atoms with Crippen molar-refractivity contribution in [3.63, 3.8) is 0 Å². The molecule has 61 heavy (non-hydrogen) atoms. The van der Waals surface area contributed by atoms with E-state index >= 15 is 0 Å². The number of ether oxygens (including phenoxy) is 2. The van der Waals surface area contributed by atoms with Crippen molar-refractivity contribution < 1.29 is 42.6 Å². The number of oxazole rings is 2. The Morgan fingerprint density at radius 2 is 1.10 bits per heavy atom. The molecule has 2 aliphatic carbocycles. The number of hydrogen-bond acceptors (Lipinski definition) is 11. The van der Waals surface area contributed by atoms with Gasteiger partial charge in [-0.15, -0.1) is 0 Å². The van der Waals surface area contributed by atoms with Gasteiger partial charge in [0.1, 0.15) is 28.3 Å². The van der Waals surface area contributed by atoms with Crippen LogP contribution >= 0.6 is 0 Å². The van der Waals surface area contributed by atoms with Crippen molar-refractivity contribution in [2.24, 2.45) is 29.6 Å². The standard InChI is InChI=1S/C48H36N4O9/c1-58-37-21-28(53)22-38(59-2)42(37)40-29-19-20-30-39(47(56)51(45(30)54)26-15-11-24(12-16-26)43-49-33-7-3-5-9-35(33)60-43)31(29)23-32-41(40)48(57)52(46(32)55)27-17-13-25(14-18-27)44-50-34-8-4-6-10-36(34)61-44/h3-19,21-22,30-32,39-41,53H,20,23H2,1-2H3. The Balaban J connectivity index is 0.959. The van der Waals surface area contributed by atoms with Gasteiger partial charge in [-0.3, -0.25) is 29.0 Å². The third-order valence-electron chi connectivity index (χ3n) is 12.8. The Kier molecular flexibility index (Phi) is 8.24. The van der Waals surface area contributed by atoms with Crippen molar-refractivity contribution in [3.05, 3.63) is 126 Å². The van der Waals surface area contributed by atoms with Crippen molar-refractivity contribution in [1.29, 1.82) is 0 Å². The van der Waals surface area contributed by atoms with Gasteiger partial charge < -0.3 is 23.4 Å². The molecule has 1 N–H and O–H groups in total. The zero-order valence-corrected chi connectivity index (χ0v) is 32.9. The molecule has 4 aliphatic rings. The van der Waals surface area contributed by atoms with E-state index in [1.807, 2.05) is 54.6 Å². The van der Waals surface area contributed by atoms with E-state index in [1.165, 1.54) is 36.2 Å². The fourth-order valence-electron chi connectivity index (χ4n) is 10.1. The maximum Gasteiger partial charge on any atom is 0.238 e. The average molecular weight is 813 g/mol. The number of phenols is 1. The van der Waals surface area contributed by atoms with Crippen LogP contribution in [0.2, 0.25) is 0 Å². The zero-order chi connectivity index (χ0) is 41.7. The summed E-state index contributed by atoms with van der Waals surface area (Å²) in [4.78, 5) is 70.3. The number of rotatable bonds is 7. The normalized spacial score (nSPS) is 23.3. The van der Waals surface area contributed by atoms with Crippen LogP contribution in [0.4, 0.5) is 11.4 Å². The van der Waals surface area contributed by atoms with Crippen molar-refractivity contribution in [1.82, 2.24) is 9.97 Å². The second-order valence-corrected chi connectivity index (χ2v) is 15.9. The Morgan fingerprint density at radius 3 is 1.61 bits per heavy atom. The molecule has 0 radical (unpaired) electrons. The number of fused-ring (bicyclic) bond motifs is 6. The minimum atomic E-state index is -0.904. The summed E-state index contributed by atoms with van der Waals surface area (Å²) in [5.74, 6) is -4.88. The highest BCUT2D eigenvalue weighted by molar-refractivity contribution is 6.24. The van der Waals surface area contributed by atoms with Crippen molar-refractivity contribution in [3.8, 4) is 40.2 Å². The van der Waals surface area contributed by atoms with E-state index < -0.39 is 47.3 Å². The third kappa shape index (κ3) is 5.53. The van der Waals surface area contributed by atoms with Crippen molar-refractivity contribution >= 4 is 57.2 Å². The number of allylic oxidation sites excluding steroid dienone is 2. The largest absolute Gasteiger partial charge is 0.508 e. The number of aromatic nitrogens is 2. The van der Waals surface area contributed by atoms with Crippen LogP contribution in [-0.2, 0) is 19.2 Å². The minimum Gasteiger partial charge on any atom is -0.508 e. The number of carbonyl (C=O) groups excluding carboxylic acids is 4. The van der Waals surface area contributed by atoms with Crippen LogP contribution in [0.1, 0.15) is 24.3 Å². The smallest absolute Gasteiger partial charge is 0.238 e. The molecule has 302 valence electrons. The third-order valence-corrected chi connectivity index (χ3v) is 12.8. The van der Waals surface area contributed by atoms with Gasteiger partial charge in [-0.05, 0) is 91.6 Å². The number of carbonyl (C=O) groups is 4. The van der Waals surface area contributed by atoms with Crippen LogP contribution < -0.4 is 19.3 Å². The topological polar surface area (TPSA) is 166 Å². The molecule has 3 fully saturated rings. The highest BCUT2D eigenvalue weighted by atomic mass is 16.5. The Hall–Kier alpha value is -7.54. The summed E-state index contributed by atoms with van der Waals surface area (Å²) in [5, 5.41) is 10.7. The van der Waals surface area contributed by atoms with Crippen LogP contribution in [0, 0.1) is 29.6 Å². The van der Waals surface area contributed by atoms with Gasteiger partial charge in [0.15, 0.2) is 11.2 Å². The Morgan fingerprint density at radius 1 is 0.607 bits per heavy atom. The molecule has 4 amide bonds. The molecule has 2 aromatic heterocycles. The molecule has 0 bridgehead atoms. The van der Waals surface area contributed by atoms with E-state index in [2.05, 4.69) is 9.97 Å². The lowest BCUT2D eigenvalue weighted by atomic mass is 9.57. The van der Waals surface area contributed by atoms with Crippen LogP contribution in [0.25, 0.3) is 45.1 Å². The molecule has 7 aromatic rings. The molecule has 6 unspecified atom stereocenters. The summed E-state index contributed by atoms with van der Waals surface area (Å²) in [6.45, 7) is 0. The molecule has 2 saturated heterocycles. The molecule has 13 heteroatoms. The molecular weight excluding hydrogens is 777 g/mol. The summed E-state index contributed by atoms with van der Waals surface area (Å²) in [7, 11) is 2.92. The van der Waals surface area contributed by atoms with Gasteiger partial charge in [0.2, 0.25) is 35.4 Å². The second-order valence-electron chi connectivity index (χ2n) is 15.9. The highest BCUT2D eigenvalue weighted by Gasteiger charge is 2.63. The highest BCUT2D eigenvalue weighted by Crippen LogP contribution is 2.61. The van der Waals surface area contributed by atoms with E-state index in [-0.39, 0.29) is 41.9 Å². The second kappa shape index (κ2) is 13.8. The summed E-state index contributed by atoms with van der Waals surface area (Å²) in [6, 6.07) is 31.7. The summed E-state index contributed by atoms with van der Waals surface area (Å²) < 4.78 is 23.6. The number of anilines is 2. The SMILES string of the molecule is COc1cc(O)cc(OC)c1C1C2=CCC3C(=O)N(c4ccc(-c5nc6ccccc6o5)cc4)C(=O)C3C2CC2C(=O)N(c3ccc(-c4nc5ccccc5o4)cc3)C(=O)C21. The van der Waals surface area contributed by atoms with Crippen LogP contribution in [-0.4, -0.2) is 52.9 Å². The van der Waals surface area contributed by atoms with Gasteiger partial charge in [0.25, 0.3) is 0 Å². The number of benzene rings is 5. The van der Waals surface area contributed by atoms with E-state index in [0.29, 0.717) is 56.5 Å². The molecule has 1 saturated carbocycles. The van der Waals surface area contributed by atoms with Crippen molar-refractivity contribution in [2.45, 2.75) is 18.8 Å². The zero-order valence-electron chi connectivity index (χ0n) is 32.9. The van der Waals surface area contributed by atoms with Gasteiger partial charge >= 0.3 is 0 Å². The molecule has 13 nitrogen and oxygen atoms in total. The first-order valence-electron chi connectivity index (χ1n) is 20.0. The van der Waals surface area contributed by atoms with Crippen LogP contribution in [0.15, 0.2) is 130 Å². The van der Waals surface area contributed by atoms with Gasteiger partial charge in [-0.1, -0.05) is 35.9 Å².